The molecule has 4 rings (SSSR count). The third kappa shape index (κ3) is 3.84. The van der Waals surface area contributed by atoms with E-state index < -0.39 is 16.1 Å². The molecule has 1 heterocycles. The van der Waals surface area contributed by atoms with Gasteiger partial charge in [-0.05, 0) is 36.4 Å². The van der Waals surface area contributed by atoms with Crippen molar-refractivity contribution in [3.63, 3.8) is 0 Å². The van der Waals surface area contributed by atoms with Crippen LogP contribution in [-0.2, 0) is 16.6 Å². The third-order valence-corrected chi connectivity index (χ3v) is 7.50. The number of aliphatic hydroxyl groups is 1. The topological polar surface area (TPSA) is 62.5 Å². The molecule has 0 aliphatic carbocycles. The molecule has 0 fully saturated rings. The van der Waals surface area contributed by atoms with Crippen LogP contribution in [0.2, 0.25) is 5.02 Å². The number of likely N-dealkylation sites (N-methyl/N-ethyl adjacent to an activating group) is 1. The van der Waals surface area contributed by atoms with Crippen molar-refractivity contribution in [2.75, 3.05) is 13.1 Å². The first kappa shape index (κ1) is 20.9. The van der Waals surface area contributed by atoms with Crippen LogP contribution in [0.15, 0.2) is 77.7 Å². The van der Waals surface area contributed by atoms with E-state index >= 15 is 0 Å². The Labute approximate surface area is 181 Å². The van der Waals surface area contributed by atoms with Gasteiger partial charge in [0, 0.05) is 39.9 Å². The Hall–Kier alpha value is -2.38. The van der Waals surface area contributed by atoms with E-state index in [1.165, 1.54) is 16.4 Å². The molecule has 0 bridgehead atoms. The van der Waals surface area contributed by atoms with Crippen molar-refractivity contribution >= 4 is 43.4 Å². The van der Waals surface area contributed by atoms with Crippen molar-refractivity contribution in [2.45, 2.75) is 24.5 Å². The zero-order valence-electron chi connectivity index (χ0n) is 16.6. The highest BCUT2D eigenvalue weighted by Gasteiger charge is 2.26. The zero-order chi connectivity index (χ0) is 21.3. The molecule has 1 aromatic heterocycles. The van der Waals surface area contributed by atoms with E-state index in [9.17, 15) is 13.5 Å². The van der Waals surface area contributed by atoms with Crippen LogP contribution < -0.4 is 0 Å². The van der Waals surface area contributed by atoms with Gasteiger partial charge in [0.1, 0.15) is 0 Å². The lowest BCUT2D eigenvalue weighted by Gasteiger charge is -2.24. The summed E-state index contributed by atoms with van der Waals surface area (Å²) in [6.07, 6.45) is -0.869. The van der Waals surface area contributed by atoms with Crippen LogP contribution >= 0.6 is 11.6 Å². The second kappa shape index (κ2) is 8.40. The molecule has 0 saturated heterocycles. The van der Waals surface area contributed by atoms with E-state index in [0.29, 0.717) is 11.6 Å². The molecule has 0 aliphatic rings. The van der Waals surface area contributed by atoms with Crippen LogP contribution in [0.4, 0.5) is 0 Å². The van der Waals surface area contributed by atoms with Gasteiger partial charge in [0.15, 0.2) is 0 Å². The normalized spacial score (nSPS) is 13.3. The van der Waals surface area contributed by atoms with Crippen molar-refractivity contribution in [3.8, 4) is 0 Å². The highest BCUT2D eigenvalue weighted by molar-refractivity contribution is 7.89. The van der Waals surface area contributed by atoms with Crippen LogP contribution in [0.3, 0.4) is 0 Å². The first-order chi connectivity index (χ1) is 14.4. The summed E-state index contributed by atoms with van der Waals surface area (Å²) in [5.41, 5.74) is 2.03. The molecule has 0 radical (unpaired) electrons. The van der Waals surface area contributed by atoms with Crippen LogP contribution in [0.1, 0.15) is 6.92 Å². The molecule has 1 atom stereocenters. The van der Waals surface area contributed by atoms with Crippen molar-refractivity contribution in [3.05, 3.63) is 77.8 Å². The Bertz CT molecular complexity index is 1230. The lowest BCUT2D eigenvalue weighted by molar-refractivity contribution is 0.131. The molecule has 1 N–H and O–H groups in total. The lowest BCUT2D eigenvalue weighted by Crippen LogP contribution is -2.38. The first-order valence-corrected chi connectivity index (χ1v) is 11.6. The molecule has 5 nitrogen and oxygen atoms in total. The third-order valence-electron chi connectivity index (χ3n) is 5.29. The van der Waals surface area contributed by atoms with E-state index in [1.807, 2.05) is 36.4 Å². The van der Waals surface area contributed by atoms with Crippen LogP contribution in [0.5, 0.6) is 0 Å². The minimum atomic E-state index is -3.72. The number of para-hydroxylation sites is 2. The molecule has 7 heteroatoms. The Balaban J connectivity index is 1.62. The molecule has 0 aliphatic heterocycles. The SMILES string of the molecule is CCN(C[C@@H](O)Cn1c2ccccc2c2ccccc21)S(=O)(=O)c1ccc(Cl)cc1. The maximum absolute atomic E-state index is 13.0. The molecular formula is C23H23ClN2O3S. The number of fused-ring (bicyclic) bond motifs is 3. The summed E-state index contributed by atoms with van der Waals surface area (Å²) < 4.78 is 29.4. The van der Waals surface area contributed by atoms with E-state index in [-0.39, 0.29) is 18.0 Å². The van der Waals surface area contributed by atoms with Gasteiger partial charge >= 0.3 is 0 Å². The summed E-state index contributed by atoms with van der Waals surface area (Å²) >= 11 is 5.88. The molecule has 0 unspecified atom stereocenters. The largest absolute Gasteiger partial charge is 0.390 e. The van der Waals surface area contributed by atoms with Crippen molar-refractivity contribution in [1.82, 2.24) is 8.87 Å². The maximum Gasteiger partial charge on any atom is 0.243 e. The van der Waals surface area contributed by atoms with Gasteiger partial charge in [-0.3, -0.25) is 0 Å². The van der Waals surface area contributed by atoms with Gasteiger partial charge in [-0.1, -0.05) is 54.9 Å². The van der Waals surface area contributed by atoms with E-state index in [0.717, 1.165) is 21.8 Å². The summed E-state index contributed by atoms with van der Waals surface area (Å²) in [6.45, 7) is 2.32. The molecule has 156 valence electrons. The van der Waals surface area contributed by atoms with Crippen LogP contribution in [0, 0.1) is 0 Å². The lowest BCUT2D eigenvalue weighted by atomic mass is 10.2. The number of benzene rings is 3. The van der Waals surface area contributed by atoms with Gasteiger partial charge < -0.3 is 9.67 Å². The number of hydrogen-bond donors (Lipinski definition) is 1. The van der Waals surface area contributed by atoms with E-state index in [1.54, 1.807) is 19.1 Å². The summed E-state index contributed by atoms with van der Waals surface area (Å²) in [7, 11) is -3.72. The molecule has 3 aromatic carbocycles. The smallest absolute Gasteiger partial charge is 0.243 e. The Morgan fingerprint density at radius 3 is 2.00 bits per heavy atom. The van der Waals surface area contributed by atoms with Gasteiger partial charge in [-0.25, -0.2) is 8.42 Å². The fourth-order valence-electron chi connectivity index (χ4n) is 3.86. The predicted molar refractivity (Wildman–Crippen MR) is 121 cm³/mol. The van der Waals surface area contributed by atoms with Crippen molar-refractivity contribution < 1.29 is 13.5 Å². The molecular weight excluding hydrogens is 420 g/mol. The number of hydrogen-bond acceptors (Lipinski definition) is 3. The van der Waals surface area contributed by atoms with E-state index in [4.69, 9.17) is 11.6 Å². The fourth-order valence-corrected chi connectivity index (χ4v) is 5.47. The number of aromatic nitrogens is 1. The second-order valence-electron chi connectivity index (χ2n) is 7.21. The first-order valence-electron chi connectivity index (χ1n) is 9.81. The van der Waals surface area contributed by atoms with Crippen LogP contribution in [-0.4, -0.2) is 41.6 Å². The van der Waals surface area contributed by atoms with Crippen LogP contribution in [0.25, 0.3) is 21.8 Å². The fraction of sp³-hybridized carbons (Fsp3) is 0.217. The average Bonchev–Trinajstić information content (AvgIpc) is 3.06. The van der Waals surface area contributed by atoms with Gasteiger partial charge in [-0.2, -0.15) is 4.31 Å². The molecule has 4 aromatic rings. The standard InChI is InChI=1S/C23H23ClN2O3S/c1-2-25(30(28,29)19-13-11-17(24)12-14-19)15-18(27)16-26-22-9-5-3-7-20(22)21-8-4-6-10-23(21)26/h3-14,18,27H,2,15-16H2,1H3/t18-/m1/s1. The number of rotatable bonds is 7. The molecule has 0 saturated carbocycles. The monoisotopic (exact) mass is 442 g/mol. The summed E-state index contributed by atoms with van der Waals surface area (Å²) in [5, 5.41) is 13.5. The summed E-state index contributed by atoms with van der Waals surface area (Å²) in [6, 6.07) is 22.1. The molecule has 30 heavy (non-hydrogen) atoms. The Kier molecular flexibility index (Phi) is 5.84. The highest BCUT2D eigenvalue weighted by atomic mass is 35.5. The van der Waals surface area contributed by atoms with E-state index in [2.05, 4.69) is 16.7 Å². The highest BCUT2D eigenvalue weighted by Crippen LogP contribution is 2.29. The van der Waals surface area contributed by atoms with Gasteiger partial charge in [0.2, 0.25) is 10.0 Å². The summed E-state index contributed by atoms with van der Waals surface area (Å²) in [5.74, 6) is 0. The Morgan fingerprint density at radius 2 is 1.47 bits per heavy atom. The number of sulfonamides is 1. The van der Waals surface area contributed by atoms with Gasteiger partial charge in [0.05, 0.1) is 17.5 Å². The molecule has 0 amide bonds. The van der Waals surface area contributed by atoms with Gasteiger partial charge in [-0.15, -0.1) is 0 Å². The maximum atomic E-state index is 13.0. The van der Waals surface area contributed by atoms with Gasteiger partial charge in [0.25, 0.3) is 0 Å². The number of halogens is 1. The van der Waals surface area contributed by atoms with Crippen molar-refractivity contribution in [2.24, 2.45) is 0 Å². The van der Waals surface area contributed by atoms with Crippen molar-refractivity contribution in [1.29, 1.82) is 0 Å². The second-order valence-corrected chi connectivity index (χ2v) is 9.58. The number of nitrogens with zero attached hydrogens (tertiary/aromatic N) is 2. The minimum absolute atomic E-state index is 0.00228. The minimum Gasteiger partial charge on any atom is -0.390 e. The quantitative estimate of drug-likeness (QED) is 0.457. The number of aliphatic hydroxyl groups excluding tert-OH is 1. The predicted octanol–water partition coefficient (Wildman–Crippen LogP) is 4.52. The zero-order valence-corrected chi connectivity index (χ0v) is 18.1. The molecule has 0 spiro atoms. The average molecular weight is 443 g/mol. The Morgan fingerprint density at radius 1 is 0.933 bits per heavy atom. The summed E-state index contributed by atoms with van der Waals surface area (Å²) in [4.78, 5) is 0.165.